The van der Waals surface area contributed by atoms with Crippen LogP contribution in [0.4, 0.5) is 0 Å². The maximum atomic E-state index is 14.2. The molecule has 50 heavy (non-hydrogen) atoms. The minimum Gasteiger partial charge on any atom is -0.495 e. The van der Waals surface area contributed by atoms with E-state index in [1.54, 1.807) is 62.6 Å². The molecule has 1 aliphatic rings. The Labute approximate surface area is 301 Å². The molecule has 1 aliphatic heterocycles. The minimum atomic E-state index is -0.700. The summed E-state index contributed by atoms with van der Waals surface area (Å²) in [6.07, 6.45) is 8.27. The zero-order valence-corrected chi connectivity index (χ0v) is 29.8. The van der Waals surface area contributed by atoms with Gasteiger partial charge in [-0.25, -0.2) is 0 Å². The number of ether oxygens (including phenoxy) is 1. The molecule has 1 aromatic heterocycles. The number of aromatic nitrogens is 1. The predicted octanol–water partition coefficient (Wildman–Crippen LogP) is 8.15. The number of methoxy groups -OCH3 is 1. The summed E-state index contributed by atoms with van der Waals surface area (Å²) in [5, 5.41) is 3.74. The van der Waals surface area contributed by atoms with Crippen LogP contribution in [0.5, 0.6) is 5.75 Å². The van der Waals surface area contributed by atoms with E-state index in [0.29, 0.717) is 22.0 Å². The molecule has 0 atom stereocenters. The van der Waals surface area contributed by atoms with Crippen molar-refractivity contribution < 1.29 is 19.1 Å². The number of thioether (sulfide) groups is 1. The van der Waals surface area contributed by atoms with E-state index in [0.717, 1.165) is 40.0 Å². The van der Waals surface area contributed by atoms with Crippen molar-refractivity contribution in [3.8, 4) is 11.4 Å². The molecule has 0 radical (unpaired) electrons. The second kappa shape index (κ2) is 16.3. The minimum absolute atomic E-state index is 0.0874. The molecule has 8 nitrogen and oxygen atoms in total. The lowest BCUT2D eigenvalue weighted by Gasteiger charge is -2.28. The van der Waals surface area contributed by atoms with Crippen molar-refractivity contribution in [1.82, 2.24) is 14.8 Å². The number of nitrogens with one attached hydrogen (secondary N) is 1. The Morgan fingerprint density at radius 3 is 2.28 bits per heavy atom. The van der Waals surface area contributed by atoms with Gasteiger partial charge in [-0.2, -0.15) is 4.99 Å². The average Bonchev–Trinajstić information content (AvgIpc) is 3.41. The van der Waals surface area contributed by atoms with Crippen LogP contribution in [0.15, 0.2) is 132 Å². The van der Waals surface area contributed by atoms with E-state index in [1.165, 1.54) is 4.90 Å². The van der Waals surface area contributed by atoms with E-state index < -0.39 is 11.8 Å². The van der Waals surface area contributed by atoms with Crippen molar-refractivity contribution in [2.75, 3.05) is 12.9 Å². The van der Waals surface area contributed by atoms with Crippen LogP contribution in [-0.4, -0.2) is 45.2 Å². The average molecular weight is 705 g/mol. The van der Waals surface area contributed by atoms with Crippen molar-refractivity contribution in [2.24, 2.45) is 4.99 Å². The Balaban J connectivity index is 1.47. The standard InChI is InChI=1S/C40H37ClN4O4S/c1-6-8-19-32(7-2)45-39(48)33(23-30-22-26(3)44(27(30)4)34-24-31(41)20-21-35(34)49-5)38(47)43-40(45)50-25-36(46)42-37(28-15-11-9-12-16-28)29-17-13-10-14-18-29/h6-24,37H,1,25H2,2-5H3,(H,42,46)/b19-8-,32-7+,33-23+. The number of amides is 3. The number of hydrogen-bond acceptors (Lipinski definition) is 5. The van der Waals surface area contributed by atoms with Gasteiger partial charge in [0.25, 0.3) is 11.8 Å². The lowest BCUT2D eigenvalue weighted by atomic mass is 9.99. The third-order valence-corrected chi connectivity index (χ3v) is 9.24. The number of aryl methyl sites for hydroxylation is 1. The summed E-state index contributed by atoms with van der Waals surface area (Å²) >= 11 is 7.35. The fourth-order valence-corrected chi connectivity index (χ4v) is 6.67. The highest BCUT2D eigenvalue weighted by Crippen LogP contribution is 2.33. The number of allylic oxidation sites excluding steroid dienone is 4. The van der Waals surface area contributed by atoms with E-state index in [1.807, 2.05) is 85.1 Å². The summed E-state index contributed by atoms with van der Waals surface area (Å²) < 4.78 is 7.54. The van der Waals surface area contributed by atoms with Crippen molar-refractivity contribution in [1.29, 1.82) is 0 Å². The van der Waals surface area contributed by atoms with Crippen molar-refractivity contribution in [2.45, 2.75) is 26.8 Å². The van der Waals surface area contributed by atoms with Crippen LogP contribution < -0.4 is 10.1 Å². The summed E-state index contributed by atoms with van der Waals surface area (Å²) in [6, 6.07) is 26.2. The number of carbonyl (C=O) groups excluding carboxylic acids is 3. The third kappa shape index (κ3) is 7.91. The number of rotatable bonds is 11. The van der Waals surface area contributed by atoms with Crippen LogP contribution in [0, 0.1) is 13.8 Å². The molecule has 0 bridgehead atoms. The van der Waals surface area contributed by atoms with Gasteiger partial charge in [0, 0.05) is 22.1 Å². The molecule has 1 N–H and O–H groups in total. The number of amidine groups is 1. The quantitative estimate of drug-likeness (QED) is 0.0967. The first-order valence-electron chi connectivity index (χ1n) is 15.9. The van der Waals surface area contributed by atoms with Gasteiger partial charge in [-0.05, 0) is 73.9 Å². The SMILES string of the molecule is C=C/C=C\C(=C/C)N1C(=O)/C(=C/c2cc(C)n(-c3cc(Cl)ccc3OC)c2C)C(=O)N=C1SCC(=O)NC(c1ccccc1)c1ccccc1. The Morgan fingerprint density at radius 1 is 1.02 bits per heavy atom. The summed E-state index contributed by atoms with van der Waals surface area (Å²) in [7, 11) is 1.58. The first-order chi connectivity index (χ1) is 24.2. The number of nitrogens with zero attached hydrogens (tertiary/aromatic N) is 3. The van der Waals surface area contributed by atoms with Gasteiger partial charge in [0.1, 0.15) is 11.3 Å². The molecule has 5 rings (SSSR count). The van der Waals surface area contributed by atoms with E-state index in [2.05, 4.69) is 16.9 Å². The van der Waals surface area contributed by atoms with Crippen LogP contribution in [0.25, 0.3) is 11.8 Å². The highest BCUT2D eigenvalue weighted by atomic mass is 35.5. The maximum Gasteiger partial charge on any atom is 0.285 e. The highest BCUT2D eigenvalue weighted by molar-refractivity contribution is 8.14. The number of carbonyl (C=O) groups is 3. The van der Waals surface area contributed by atoms with Crippen LogP contribution >= 0.6 is 23.4 Å². The summed E-state index contributed by atoms with van der Waals surface area (Å²) in [4.78, 5) is 46.9. The van der Waals surface area contributed by atoms with Gasteiger partial charge in [0.15, 0.2) is 5.17 Å². The van der Waals surface area contributed by atoms with E-state index in [4.69, 9.17) is 16.3 Å². The van der Waals surface area contributed by atoms with Gasteiger partial charge in [0.2, 0.25) is 5.91 Å². The maximum absolute atomic E-state index is 14.2. The van der Waals surface area contributed by atoms with Crippen LogP contribution in [0.3, 0.4) is 0 Å². The normalized spacial score (nSPS) is 14.4. The third-order valence-electron chi connectivity index (χ3n) is 8.06. The number of benzene rings is 3. The van der Waals surface area contributed by atoms with E-state index in [9.17, 15) is 14.4 Å². The second-order valence-electron chi connectivity index (χ2n) is 11.3. The molecular formula is C40H37ClN4O4S. The van der Waals surface area contributed by atoms with E-state index >= 15 is 0 Å². The van der Waals surface area contributed by atoms with Crippen molar-refractivity contribution >= 4 is 52.3 Å². The highest BCUT2D eigenvalue weighted by Gasteiger charge is 2.35. The Morgan fingerprint density at radius 2 is 1.68 bits per heavy atom. The molecule has 3 aromatic carbocycles. The van der Waals surface area contributed by atoms with Crippen molar-refractivity contribution in [3.63, 3.8) is 0 Å². The van der Waals surface area contributed by atoms with Crippen LogP contribution in [-0.2, 0) is 14.4 Å². The fraction of sp³-hybridized carbons (Fsp3) is 0.150. The fourth-order valence-electron chi connectivity index (χ4n) is 5.69. The van der Waals surface area contributed by atoms with Crippen LogP contribution in [0.1, 0.15) is 41.0 Å². The van der Waals surface area contributed by atoms with Gasteiger partial charge < -0.3 is 14.6 Å². The van der Waals surface area contributed by atoms with Gasteiger partial charge in [-0.15, -0.1) is 0 Å². The molecule has 254 valence electrons. The molecule has 3 amide bonds. The number of aliphatic imine (C=N–C) groups is 1. The Hall–Kier alpha value is -5.38. The van der Waals surface area contributed by atoms with Crippen LogP contribution in [0.2, 0.25) is 5.02 Å². The largest absolute Gasteiger partial charge is 0.495 e. The molecule has 0 saturated heterocycles. The summed E-state index contributed by atoms with van der Waals surface area (Å²) in [6.45, 7) is 9.33. The zero-order chi connectivity index (χ0) is 35.8. The first kappa shape index (κ1) is 35.9. The zero-order valence-electron chi connectivity index (χ0n) is 28.2. The van der Waals surface area contributed by atoms with Crippen molar-refractivity contribution in [3.05, 3.63) is 160 Å². The predicted molar refractivity (Wildman–Crippen MR) is 202 cm³/mol. The first-order valence-corrected chi connectivity index (χ1v) is 17.2. The topological polar surface area (TPSA) is 93.0 Å². The lowest BCUT2D eigenvalue weighted by Crippen LogP contribution is -2.42. The van der Waals surface area contributed by atoms with Gasteiger partial charge in [0.05, 0.1) is 24.6 Å². The van der Waals surface area contributed by atoms with Gasteiger partial charge in [-0.3, -0.25) is 19.3 Å². The molecule has 10 heteroatoms. The Kier molecular flexibility index (Phi) is 11.7. The summed E-state index contributed by atoms with van der Waals surface area (Å²) in [5.41, 5.74) is 5.21. The number of halogens is 1. The molecule has 4 aromatic rings. The molecule has 0 aliphatic carbocycles. The number of hydrogen-bond donors (Lipinski definition) is 1. The molecular weight excluding hydrogens is 668 g/mol. The second-order valence-corrected chi connectivity index (χ2v) is 12.7. The monoisotopic (exact) mass is 704 g/mol. The van der Waals surface area contributed by atoms with Gasteiger partial charge in [-0.1, -0.05) is 109 Å². The lowest BCUT2D eigenvalue weighted by molar-refractivity contribution is -0.126. The summed E-state index contributed by atoms with van der Waals surface area (Å²) in [5.74, 6) is -1.02. The molecule has 0 saturated carbocycles. The van der Waals surface area contributed by atoms with E-state index in [-0.39, 0.29) is 28.4 Å². The molecule has 0 unspecified atom stereocenters. The molecule has 0 fully saturated rings. The van der Waals surface area contributed by atoms with Gasteiger partial charge >= 0.3 is 0 Å². The smallest absolute Gasteiger partial charge is 0.285 e. The molecule has 0 spiro atoms. The Bertz CT molecular complexity index is 2010. The molecule has 2 heterocycles.